The number of hydrogen-bond acceptors (Lipinski definition) is 3. The maximum absolute atomic E-state index is 12.9. The van der Waals surface area contributed by atoms with Gasteiger partial charge in [0.1, 0.15) is 12.4 Å². The standard InChI is InChI=1S/C18H14BrFN2O/c19-17-10-16(22-15-8-6-14(20)7-9-15)11-21-18(17)23-12-13-4-2-1-3-5-13/h1-11,22H,12H2. The Labute approximate surface area is 142 Å². The van der Waals surface area contributed by atoms with Crippen LogP contribution >= 0.6 is 15.9 Å². The summed E-state index contributed by atoms with van der Waals surface area (Å²) in [7, 11) is 0. The smallest absolute Gasteiger partial charge is 0.228 e. The first-order valence-electron chi connectivity index (χ1n) is 7.05. The molecule has 0 atom stereocenters. The van der Waals surface area contributed by atoms with E-state index in [0.717, 1.165) is 21.4 Å². The fourth-order valence-electron chi connectivity index (χ4n) is 2.03. The third-order valence-corrected chi connectivity index (χ3v) is 3.73. The van der Waals surface area contributed by atoms with Crippen LogP contribution in [0.25, 0.3) is 0 Å². The van der Waals surface area contributed by atoms with E-state index in [0.29, 0.717) is 12.5 Å². The molecule has 0 aliphatic rings. The molecule has 5 heteroatoms. The van der Waals surface area contributed by atoms with Crippen molar-refractivity contribution in [1.82, 2.24) is 4.98 Å². The number of anilines is 2. The predicted molar refractivity (Wildman–Crippen MR) is 92.4 cm³/mol. The Balaban J connectivity index is 1.66. The number of rotatable bonds is 5. The van der Waals surface area contributed by atoms with Crippen LogP contribution in [0, 0.1) is 5.82 Å². The normalized spacial score (nSPS) is 10.3. The molecule has 23 heavy (non-hydrogen) atoms. The van der Waals surface area contributed by atoms with Gasteiger partial charge in [0.2, 0.25) is 5.88 Å². The second-order valence-electron chi connectivity index (χ2n) is 4.92. The summed E-state index contributed by atoms with van der Waals surface area (Å²) < 4.78 is 19.4. The van der Waals surface area contributed by atoms with Gasteiger partial charge < -0.3 is 10.1 Å². The zero-order valence-electron chi connectivity index (χ0n) is 12.2. The van der Waals surface area contributed by atoms with Gasteiger partial charge in [0, 0.05) is 5.69 Å². The molecule has 3 nitrogen and oxygen atoms in total. The lowest BCUT2D eigenvalue weighted by atomic mass is 10.2. The third kappa shape index (κ3) is 4.29. The quantitative estimate of drug-likeness (QED) is 0.659. The fourth-order valence-corrected chi connectivity index (χ4v) is 2.49. The van der Waals surface area contributed by atoms with E-state index >= 15 is 0 Å². The van der Waals surface area contributed by atoms with Gasteiger partial charge in [-0.25, -0.2) is 9.37 Å². The van der Waals surface area contributed by atoms with Gasteiger partial charge in [-0.2, -0.15) is 0 Å². The maximum atomic E-state index is 12.9. The van der Waals surface area contributed by atoms with Crippen molar-refractivity contribution in [3.8, 4) is 5.88 Å². The summed E-state index contributed by atoms with van der Waals surface area (Å²) in [6.07, 6.45) is 1.68. The third-order valence-electron chi connectivity index (χ3n) is 3.16. The molecule has 3 aromatic rings. The Hall–Kier alpha value is -2.40. The molecule has 1 heterocycles. The minimum Gasteiger partial charge on any atom is -0.472 e. The van der Waals surface area contributed by atoms with Crippen LogP contribution in [-0.4, -0.2) is 4.98 Å². The van der Waals surface area contributed by atoms with Crippen molar-refractivity contribution in [2.75, 3.05) is 5.32 Å². The van der Waals surface area contributed by atoms with Crippen molar-refractivity contribution in [3.05, 3.63) is 82.7 Å². The lowest BCUT2D eigenvalue weighted by Gasteiger charge is -2.10. The van der Waals surface area contributed by atoms with E-state index in [1.807, 2.05) is 36.4 Å². The summed E-state index contributed by atoms with van der Waals surface area (Å²) in [5.74, 6) is 0.262. The maximum Gasteiger partial charge on any atom is 0.228 e. The number of benzene rings is 2. The second kappa shape index (κ2) is 7.24. The molecular weight excluding hydrogens is 359 g/mol. The minimum atomic E-state index is -0.264. The number of ether oxygens (including phenoxy) is 1. The van der Waals surface area contributed by atoms with Crippen molar-refractivity contribution in [2.45, 2.75) is 6.61 Å². The number of hydrogen-bond donors (Lipinski definition) is 1. The van der Waals surface area contributed by atoms with Crippen molar-refractivity contribution in [2.24, 2.45) is 0 Å². The van der Waals surface area contributed by atoms with Crippen molar-refractivity contribution in [3.63, 3.8) is 0 Å². The lowest BCUT2D eigenvalue weighted by Crippen LogP contribution is -1.99. The van der Waals surface area contributed by atoms with Crippen LogP contribution in [0.2, 0.25) is 0 Å². The van der Waals surface area contributed by atoms with E-state index < -0.39 is 0 Å². The van der Waals surface area contributed by atoms with Gasteiger partial charge in [0.25, 0.3) is 0 Å². The summed E-state index contributed by atoms with van der Waals surface area (Å²) in [4.78, 5) is 4.30. The van der Waals surface area contributed by atoms with Gasteiger partial charge in [-0.05, 0) is 51.8 Å². The van der Waals surface area contributed by atoms with Crippen molar-refractivity contribution >= 4 is 27.3 Å². The Bertz CT molecular complexity index is 779. The van der Waals surface area contributed by atoms with Crippen LogP contribution in [0.5, 0.6) is 5.88 Å². The van der Waals surface area contributed by atoms with Crippen LogP contribution in [-0.2, 0) is 6.61 Å². The van der Waals surface area contributed by atoms with Crippen LogP contribution < -0.4 is 10.1 Å². The van der Waals surface area contributed by atoms with Crippen LogP contribution in [0.15, 0.2) is 71.3 Å². The highest BCUT2D eigenvalue weighted by molar-refractivity contribution is 9.10. The molecule has 0 unspecified atom stereocenters. The van der Waals surface area contributed by atoms with E-state index in [4.69, 9.17) is 4.74 Å². The van der Waals surface area contributed by atoms with E-state index in [-0.39, 0.29) is 5.82 Å². The Kier molecular flexibility index (Phi) is 4.88. The molecule has 0 fully saturated rings. The zero-order valence-corrected chi connectivity index (χ0v) is 13.8. The van der Waals surface area contributed by atoms with Gasteiger partial charge in [-0.15, -0.1) is 0 Å². The SMILES string of the molecule is Fc1ccc(Nc2cnc(OCc3ccccc3)c(Br)c2)cc1. The molecule has 0 spiro atoms. The van der Waals surface area contributed by atoms with Crippen LogP contribution in [0.3, 0.4) is 0 Å². The molecule has 2 aromatic carbocycles. The zero-order chi connectivity index (χ0) is 16.1. The average molecular weight is 373 g/mol. The van der Waals surface area contributed by atoms with Gasteiger partial charge in [0.15, 0.2) is 0 Å². The largest absolute Gasteiger partial charge is 0.472 e. The molecule has 1 aromatic heterocycles. The number of pyridine rings is 1. The Morgan fingerprint density at radius 2 is 1.74 bits per heavy atom. The molecule has 0 saturated heterocycles. The van der Waals surface area contributed by atoms with E-state index in [1.54, 1.807) is 18.3 Å². The highest BCUT2D eigenvalue weighted by atomic mass is 79.9. The summed E-state index contributed by atoms with van der Waals surface area (Å²) in [5, 5.41) is 3.16. The molecule has 0 radical (unpaired) electrons. The van der Waals surface area contributed by atoms with Crippen molar-refractivity contribution in [1.29, 1.82) is 0 Å². The highest BCUT2D eigenvalue weighted by Crippen LogP contribution is 2.27. The molecule has 0 amide bonds. The van der Waals surface area contributed by atoms with Crippen molar-refractivity contribution < 1.29 is 9.13 Å². The molecule has 1 N–H and O–H groups in total. The van der Waals surface area contributed by atoms with Crippen LogP contribution in [0.1, 0.15) is 5.56 Å². The van der Waals surface area contributed by atoms with E-state index in [9.17, 15) is 4.39 Å². The molecule has 0 bridgehead atoms. The fraction of sp³-hybridized carbons (Fsp3) is 0.0556. The second-order valence-corrected chi connectivity index (χ2v) is 5.77. The number of nitrogens with one attached hydrogen (secondary N) is 1. The summed E-state index contributed by atoms with van der Waals surface area (Å²) >= 11 is 3.46. The van der Waals surface area contributed by atoms with Gasteiger partial charge in [-0.3, -0.25) is 0 Å². The first-order valence-corrected chi connectivity index (χ1v) is 7.85. The summed E-state index contributed by atoms with van der Waals surface area (Å²) in [6, 6.07) is 17.9. The summed E-state index contributed by atoms with van der Waals surface area (Å²) in [5.41, 5.74) is 2.66. The molecule has 3 rings (SSSR count). The number of halogens is 2. The molecular formula is C18H14BrFN2O. The minimum absolute atomic E-state index is 0.264. The first kappa shape index (κ1) is 15.5. The summed E-state index contributed by atoms with van der Waals surface area (Å²) in [6.45, 7) is 0.456. The number of nitrogens with zero attached hydrogens (tertiary/aromatic N) is 1. The van der Waals surface area contributed by atoms with Gasteiger partial charge >= 0.3 is 0 Å². The van der Waals surface area contributed by atoms with Gasteiger partial charge in [0.05, 0.1) is 16.4 Å². The molecule has 0 aliphatic carbocycles. The lowest BCUT2D eigenvalue weighted by molar-refractivity contribution is 0.292. The number of aromatic nitrogens is 1. The predicted octanol–water partition coefficient (Wildman–Crippen LogP) is 5.31. The van der Waals surface area contributed by atoms with E-state index in [1.165, 1.54) is 12.1 Å². The Morgan fingerprint density at radius 1 is 1.00 bits per heavy atom. The van der Waals surface area contributed by atoms with Crippen LogP contribution in [0.4, 0.5) is 15.8 Å². The Morgan fingerprint density at radius 3 is 2.43 bits per heavy atom. The van der Waals surface area contributed by atoms with E-state index in [2.05, 4.69) is 26.2 Å². The molecule has 116 valence electrons. The average Bonchev–Trinajstić information content (AvgIpc) is 2.57. The monoisotopic (exact) mass is 372 g/mol. The highest BCUT2D eigenvalue weighted by Gasteiger charge is 2.05. The topological polar surface area (TPSA) is 34.2 Å². The molecule has 0 aliphatic heterocycles. The first-order chi connectivity index (χ1) is 11.2. The molecule has 0 saturated carbocycles. The van der Waals surface area contributed by atoms with Gasteiger partial charge in [-0.1, -0.05) is 30.3 Å².